The van der Waals surface area contributed by atoms with Gasteiger partial charge in [-0.3, -0.25) is 9.69 Å². The first-order chi connectivity index (χ1) is 15.0. The van der Waals surface area contributed by atoms with Gasteiger partial charge in [0.15, 0.2) is 17.2 Å². The standard InChI is InChI=1S/C23H22N2O5S/c1-28-16-7-4-14(5-8-16)17-11-21(26)25-22(18(17)12-24)31-13-23(25,27)15-6-9-19(29-2)20(10-15)30-3/h4-10,17,27H,11,13H2,1-3H3/t17-,23+/m0/s1. The van der Waals surface area contributed by atoms with Crippen molar-refractivity contribution >= 4 is 17.7 Å². The van der Waals surface area contributed by atoms with Crippen LogP contribution < -0.4 is 14.2 Å². The molecule has 2 aliphatic rings. The average molecular weight is 439 g/mol. The molecule has 2 aromatic rings. The number of methoxy groups -OCH3 is 3. The number of ether oxygens (including phenoxy) is 3. The van der Waals surface area contributed by atoms with Crippen molar-refractivity contribution in [3.63, 3.8) is 0 Å². The first kappa shape index (κ1) is 21.1. The van der Waals surface area contributed by atoms with Gasteiger partial charge >= 0.3 is 0 Å². The van der Waals surface area contributed by atoms with E-state index in [1.165, 1.54) is 30.9 Å². The Morgan fingerprint density at radius 2 is 1.81 bits per heavy atom. The number of carbonyl (C=O) groups is 1. The van der Waals surface area contributed by atoms with Crippen molar-refractivity contribution < 1.29 is 24.1 Å². The van der Waals surface area contributed by atoms with Crippen LogP contribution in [0.15, 0.2) is 53.1 Å². The van der Waals surface area contributed by atoms with E-state index in [2.05, 4.69) is 6.07 Å². The molecule has 0 spiro atoms. The van der Waals surface area contributed by atoms with Crippen LogP contribution >= 0.6 is 11.8 Å². The number of nitriles is 1. The predicted molar refractivity (Wildman–Crippen MR) is 116 cm³/mol. The van der Waals surface area contributed by atoms with Crippen LogP contribution in [-0.4, -0.2) is 43.0 Å². The Kier molecular flexibility index (Phi) is 5.56. The molecule has 2 aromatic carbocycles. The van der Waals surface area contributed by atoms with Crippen molar-refractivity contribution in [1.29, 1.82) is 5.26 Å². The maximum absolute atomic E-state index is 13.2. The van der Waals surface area contributed by atoms with Crippen molar-refractivity contribution in [1.82, 2.24) is 4.90 Å². The van der Waals surface area contributed by atoms with Gasteiger partial charge in [0.2, 0.25) is 5.91 Å². The molecule has 0 aliphatic carbocycles. The fourth-order valence-electron chi connectivity index (χ4n) is 4.05. The van der Waals surface area contributed by atoms with Crippen LogP contribution in [-0.2, 0) is 10.5 Å². The van der Waals surface area contributed by atoms with Crippen molar-refractivity contribution in [3.05, 3.63) is 64.2 Å². The molecule has 8 heteroatoms. The molecule has 7 nitrogen and oxygen atoms in total. The highest BCUT2D eigenvalue weighted by molar-refractivity contribution is 8.03. The third kappa shape index (κ3) is 3.40. The third-order valence-corrected chi connectivity index (χ3v) is 6.90. The van der Waals surface area contributed by atoms with Gasteiger partial charge in [0, 0.05) is 17.9 Å². The molecular formula is C23H22N2O5S. The lowest BCUT2D eigenvalue weighted by Gasteiger charge is -2.38. The van der Waals surface area contributed by atoms with Gasteiger partial charge in [0.05, 0.1) is 43.8 Å². The van der Waals surface area contributed by atoms with Crippen LogP contribution in [0.3, 0.4) is 0 Å². The minimum atomic E-state index is -1.58. The summed E-state index contributed by atoms with van der Waals surface area (Å²) in [5.41, 5.74) is 0.260. The molecule has 0 unspecified atom stereocenters. The fraction of sp³-hybridized carbons (Fsp3) is 0.304. The summed E-state index contributed by atoms with van der Waals surface area (Å²) in [6.07, 6.45) is 0.0921. The molecule has 4 rings (SSSR count). The summed E-state index contributed by atoms with van der Waals surface area (Å²) in [6, 6.07) is 14.7. The Bertz CT molecular complexity index is 1090. The molecule has 0 saturated carbocycles. The summed E-state index contributed by atoms with van der Waals surface area (Å²) in [5.74, 6) is 1.29. The second-order valence-corrected chi connectivity index (χ2v) is 8.23. The summed E-state index contributed by atoms with van der Waals surface area (Å²) in [6.45, 7) is 0. The van der Waals surface area contributed by atoms with Gasteiger partial charge in [0.1, 0.15) is 5.75 Å². The lowest BCUT2D eigenvalue weighted by atomic mass is 9.85. The van der Waals surface area contributed by atoms with Crippen molar-refractivity contribution in [3.8, 4) is 23.3 Å². The number of amides is 1. The number of thioether (sulfide) groups is 1. The van der Waals surface area contributed by atoms with Gasteiger partial charge in [-0.25, -0.2) is 0 Å². The number of fused-ring (bicyclic) bond motifs is 1. The van der Waals surface area contributed by atoms with E-state index in [1.807, 2.05) is 24.3 Å². The number of allylic oxidation sites excluding steroid dienone is 1. The van der Waals surface area contributed by atoms with E-state index in [0.29, 0.717) is 33.4 Å². The maximum Gasteiger partial charge on any atom is 0.231 e. The molecule has 1 saturated heterocycles. The molecule has 1 N–H and O–H groups in total. The molecule has 160 valence electrons. The quantitative estimate of drug-likeness (QED) is 0.765. The van der Waals surface area contributed by atoms with E-state index in [0.717, 1.165) is 5.56 Å². The highest BCUT2D eigenvalue weighted by Gasteiger charge is 2.52. The summed E-state index contributed by atoms with van der Waals surface area (Å²) in [4.78, 5) is 14.6. The molecule has 31 heavy (non-hydrogen) atoms. The summed E-state index contributed by atoms with van der Waals surface area (Å²) in [5, 5.41) is 22.0. The lowest BCUT2D eigenvalue weighted by molar-refractivity contribution is -0.149. The second-order valence-electron chi connectivity index (χ2n) is 7.26. The zero-order valence-corrected chi connectivity index (χ0v) is 18.2. The Hall–Kier alpha value is -3.15. The Morgan fingerprint density at radius 1 is 1.10 bits per heavy atom. The topological polar surface area (TPSA) is 92.0 Å². The van der Waals surface area contributed by atoms with Gasteiger partial charge < -0.3 is 19.3 Å². The van der Waals surface area contributed by atoms with Gasteiger partial charge in [0.25, 0.3) is 0 Å². The van der Waals surface area contributed by atoms with Crippen LogP contribution in [0, 0.1) is 11.3 Å². The number of rotatable bonds is 5. The minimum Gasteiger partial charge on any atom is -0.497 e. The van der Waals surface area contributed by atoms with E-state index >= 15 is 0 Å². The third-order valence-electron chi connectivity index (χ3n) is 5.67. The van der Waals surface area contributed by atoms with Crippen molar-refractivity contribution in [2.45, 2.75) is 18.1 Å². The number of benzene rings is 2. The van der Waals surface area contributed by atoms with Gasteiger partial charge in [-0.05, 0) is 29.8 Å². The second kappa shape index (κ2) is 8.17. The maximum atomic E-state index is 13.2. The van der Waals surface area contributed by atoms with Crippen LogP contribution in [0.5, 0.6) is 17.2 Å². The van der Waals surface area contributed by atoms with E-state index < -0.39 is 5.72 Å². The van der Waals surface area contributed by atoms with Gasteiger partial charge in [-0.15, -0.1) is 11.8 Å². The number of carbonyl (C=O) groups excluding carboxylic acids is 1. The lowest BCUT2D eigenvalue weighted by Crippen LogP contribution is -2.48. The van der Waals surface area contributed by atoms with Gasteiger partial charge in [-0.1, -0.05) is 18.2 Å². The SMILES string of the molecule is COc1ccc([C@@H]2CC(=O)N3C(=C2C#N)SC[C@@]3(O)c2ccc(OC)c(OC)c2)cc1. The largest absolute Gasteiger partial charge is 0.497 e. The molecule has 2 heterocycles. The van der Waals surface area contributed by atoms with Crippen LogP contribution in [0.4, 0.5) is 0 Å². The summed E-state index contributed by atoms with van der Waals surface area (Å²) < 4.78 is 15.8. The molecule has 0 bridgehead atoms. The number of hydrogen-bond acceptors (Lipinski definition) is 7. The van der Waals surface area contributed by atoms with Crippen LogP contribution in [0.25, 0.3) is 0 Å². The molecule has 1 amide bonds. The Balaban J connectivity index is 1.77. The average Bonchev–Trinajstić information content (AvgIpc) is 3.17. The Labute approximate surface area is 184 Å². The Morgan fingerprint density at radius 3 is 2.42 bits per heavy atom. The summed E-state index contributed by atoms with van der Waals surface area (Å²) in [7, 11) is 4.63. The molecule has 2 aliphatic heterocycles. The monoisotopic (exact) mass is 438 g/mol. The fourth-order valence-corrected chi connectivity index (χ4v) is 5.40. The normalized spacial score (nSPS) is 22.7. The zero-order valence-electron chi connectivity index (χ0n) is 17.4. The first-order valence-corrected chi connectivity index (χ1v) is 10.6. The van der Waals surface area contributed by atoms with Crippen LogP contribution in [0.1, 0.15) is 23.5 Å². The molecule has 2 atom stereocenters. The minimum absolute atomic E-state index is 0.0921. The molecular weight excluding hydrogens is 416 g/mol. The van der Waals surface area contributed by atoms with E-state index in [1.54, 1.807) is 25.3 Å². The van der Waals surface area contributed by atoms with E-state index in [-0.39, 0.29) is 24.0 Å². The highest BCUT2D eigenvalue weighted by atomic mass is 32.2. The molecule has 1 fully saturated rings. The van der Waals surface area contributed by atoms with Crippen molar-refractivity contribution in [2.24, 2.45) is 0 Å². The number of nitrogens with zero attached hydrogens (tertiary/aromatic N) is 2. The number of aliphatic hydroxyl groups is 1. The first-order valence-electron chi connectivity index (χ1n) is 9.65. The molecule has 0 aromatic heterocycles. The zero-order chi connectivity index (χ0) is 22.2. The van der Waals surface area contributed by atoms with Crippen molar-refractivity contribution in [2.75, 3.05) is 27.1 Å². The highest BCUT2D eigenvalue weighted by Crippen LogP contribution is 2.52. The molecule has 0 radical (unpaired) electrons. The smallest absolute Gasteiger partial charge is 0.231 e. The van der Waals surface area contributed by atoms with Crippen LogP contribution in [0.2, 0.25) is 0 Å². The predicted octanol–water partition coefficient (Wildman–Crippen LogP) is 3.36. The van der Waals surface area contributed by atoms with E-state index in [4.69, 9.17) is 14.2 Å². The number of hydrogen-bond donors (Lipinski definition) is 1. The van der Waals surface area contributed by atoms with Gasteiger partial charge in [-0.2, -0.15) is 5.26 Å². The summed E-state index contributed by atoms with van der Waals surface area (Å²) >= 11 is 1.31. The van der Waals surface area contributed by atoms with E-state index in [9.17, 15) is 15.2 Å².